The number of piperazine rings is 1. The third kappa shape index (κ3) is 3.86. The molecule has 5 nitrogen and oxygen atoms in total. The van der Waals surface area contributed by atoms with Crippen molar-refractivity contribution in [1.29, 1.82) is 0 Å². The average molecular weight is 474 g/mol. The fourth-order valence-electron chi connectivity index (χ4n) is 4.04. The molecule has 0 saturated carbocycles. The Kier molecular flexibility index (Phi) is 5.55. The largest absolute Gasteiger partial charge is 0.368 e. The van der Waals surface area contributed by atoms with Gasteiger partial charge in [0.15, 0.2) is 0 Å². The zero-order valence-corrected chi connectivity index (χ0v) is 18.9. The number of rotatable bonds is 4. The zero-order chi connectivity index (χ0) is 20.6. The number of hydrogen-bond acceptors (Lipinski definition) is 4. The molecular weight excluding hydrogens is 450 g/mol. The minimum Gasteiger partial charge on any atom is -0.368 e. The highest BCUT2D eigenvalue weighted by Gasteiger charge is 2.22. The van der Waals surface area contributed by atoms with Gasteiger partial charge in [-0.15, -0.1) is 0 Å². The molecule has 1 saturated heterocycles. The molecule has 0 radical (unpaired) electrons. The molecule has 0 amide bonds. The van der Waals surface area contributed by atoms with Gasteiger partial charge in [0.25, 0.3) is 0 Å². The van der Waals surface area contributed by atoms with Gasteiger partial charge in [-0.1, -0.05) is 40.2 Å². The van der Waals surface area contributed by atoms with E-state index in [9.17, 15) is 8.42 Å². The molecule has 152 valence electrons. The summed E-state index contributed by atoms with van der Waals surface area (Å²) in [5.41, 5.74) is 3.62. The molecular formula is C22H24BrN3O2S. The number of benzene rings is 3. The van der Waals surface area contributed by atoms with Crippen molar-refractivity contribution >= 4 is 48.1 Å². The molecule has 29 heavy (non-hydrogen) atoms. The minimum absolute atomic E-state index is 0.323. The Bertz CT molecular complexity index is 1160. The van der Waals surface area contributed by atoms with Crippen LogP contribution in [0.4, 0.5) is 11.4 Å². The second kappa shape index (κ2) is 7.97. The molecule has 0 bridgehead atoms. The van der Waals surface area contributed by atoms with Crippen LogP contribution in [0.25, 0.3) is 10.8 Å². The van der Waals surface area contributed by atoms with E-state index in [-0.39, 0.29) is 0 Å². The molecule has 0 atom stereocenters. The normalized spacial score (nSPS) is 15.1. The summed E-state index contributed by atoms with van der Waals surface area (Å²) in [6.45, 7) is 5.76. The van der Waals surface area contributed by atoms with Gasteiger partial charge >= 0.3 is 0 Å². The van der Waals surface area contributed by atoms with E-state index in [1.165, 1.54) is 18.3 Å². The Morgan fingerprint density at radius 1 is 0.862 bits per heavy atom. The second-order valence-electron chi connectivity index (χ2n) is 7.24. The number of nitrogens with zero attached hydrogens (tertiary/aromatic N) is 2. The lowest BCUT2D eigenvalue weighted by Gasteiger charge is -2.38. The van der Waals surface area contributed by atoms with Crippen molar-refractivity contribution < 1.29 is 8.42 Å². The lowest BCUT2D eigenvalue weighted by atomic mass is 10.1. The molecule has 3 aromatic carbocycles. The smallest absolute Gasteiger partial charge is 0.240 e. The number of anilines is 2. The Labute approximate surface area is 180 Å². The first-order valence-electron chi connectivity index (χ1n) is 9.62. The summed E-state index contributed by atoms with van der Waals surface area (Å²) < 4.78 is 28.4. The Hall–Kier alpha value is -2.09. The van der Waals surface area contributed by atoms with Crippen LogP contribution < -0.4 is 14.5 Å². The summed E-state index contributed by atoms with van der Waals surface area (Å²) in [6, 6.07) is 17.8. The van der Waals surface area contributed by atoms with Gasteiger partial charge in [-0.05, 0) is 49.9 Å². The SMILES string of the molecule is CNS(=O)(=O)c1ccc(N2CCN(c3ccc(Br)cc3C)CC2)c2ccccc12. The highest BCUT2D eigenvalue weighted by Crippen LogP contribution is 2.33. The topological polar surface area (TPSA) is 52.7 Å². The van der Waals surface area contributed by atoms with Crippen LogP contribution in [0.3, 0.4) is 0 Å². The van der Waals surface area contributed by atoms with E-state index in [2.05, 4.69) is 55.6 Å². The first kappa shape index (κ1) is 20.2. The molecule has 1 N–H and O–H groups in total. The van der Waals surface area contributed by atoms with E-state index >= 15 is 0 Å². The fraction of sp³-hybridized carbons (Fsp3) is 0.273. The maximum atomic E-state index is 12.4. The summed E-state index contributed by atoms with van der Waals surface area (Å²) in [4.78, 5) is 5.09. The number of fused-ring (bicyclic) bond motifs is 1. The molecule has 0 aliphatic carbocycles. The van der Waals surface area contributed by atoms with Gasteiger partial charge in [-0.2, -0.15) is 0 Å². The maximum absolute atomic E-state index is 12.4. The molecule has 4 rings (SSSR count). The summed E-state index contributed by atoms with van der Waals surface area (Å²) in [7, 11) is -2.06. The molecule has 0 aromatic heterocycles. The van der Waals surface area contributed by atoms with Crippen LogP contribution >= 0.6 is 15.9 Å². The van der Waals surface area contributed by atoms with E-state index in [1.54, 1.807) is 6.07 Å². The van der Waals surface area contributed by atoms with Gasteiger partial charge in [-0.25, -0.2) is 13.1 Å². The lowest BCUT2D eigenvalue weighted by molar-refractivity contribution is 0.589. The number of hydrogen-bond donors (Lipinski definition) is 1. The van der Waals surface area contributed by atoms with Crippen LogP contribution in [0.2, 0.25) is 0 Å². The summed E-state index contributed by atoms with van der Waals surface area (Å²) in [6.07, 6.45) is 0. The van der Waals surface area contributed by atoms with E-state index in [1.807, 2.05) is 30.3 Å². The van der Waals surface area contributed by atoms with Crippen molar-refractivity contribution in [3.8, 4) is 0 Å². The Balaban J connectivity index is 1.63. The molecule has 0 spiro atoms. The van der Waals surface area contributed by atoms with Crippen LogP contribution in [0, 0.1) is 6.92 Å². The molecule has 7 heteroatoms. The Morgan fingerprint density at radius 3 is 2.07 bits per heavy atom. The van der Waals surface area contributed by atoms with Crippen molar-refractivity contribution in [2.75, 3.05) is 43.0 Å². The molecule has 1 heterocycles. The summed E-state index contributed by atoms with van der Waals surface area (Å²) in [5, 5.41) is 1.72. The monoisotopic (exact) mass is 473 g/mol. The molecule has 0 unspecified atom stereocenters. The van der Waals surface area contributed by atoms with Crippen LogP contribution in [-0.4, -0.2) is 41.6 Å². The summed E-state index contributed by atoms with van der Waals surface area (Å²) in [5.74, 6) is 0. The number of nitrogens with one attached hydrogen (secondary N) is 1. The van der Waals surface area contributed by atoms with Gasteiger partial charge in [-0.3, -0.25) is 0 Å². The number of aryl methyl sites for hydroxylation is 1. The first-order chi connectivity index (χ1) is 13.9. The first-order valence-corrected chi connectivity index (χ1v) is 11.9. The Morgan fingerprint density at radius 2 is 1.45 bits per heavy atom. The quantitative estimate of drug-likeness (QED) is 0.618. The van der Waals surface area contributed by atoms with Crippen molar-refractivity contribution in [3.05, 3.63) is 64.6 Å². The predicted molar refractivity (Wildman–Crippen MR) is 123 cm³/mol. The van der Waals surface area contributed by atoms with Gasteiger partial charge in [0, 0.05) is 52.8 Å². The van der Waals surface area contributed by atoms with E-state index < -0.39 is 10.0 Å². The van der Waals surface area contributed by atoms with Crippen LogP contribution in [-0.2, 0) is 10.0 Å². The minimum atomic E-state index is -3.51. The van der Waals surface area contributed by atoms with E-state index in [0.29, 0.717) is 4.90 Å². The standard InChI is InChI=1S/C22H24BrN3O2S/c1-16-15-17(23)7-8-20(16)25-11-13-26(14-12-25)21-9-10-22(29(27,28)24-2)19-6-4-3-5-18(19)21/h3-10,15,24H,11-14H2,1-2H3. The highest BCUT2D eigenvalue weighted by atomic mass is 79.9. The van der Waals surface area contributed by atoms with Crippen molar-refractivity contribution in [1.82, 2.24) is 4.72 Å². The number of halogens is 1. The fourth-order valence-corrected chi connectivity index (χ4v) is 5.45. The molecule has 1 aliphatic heterocycles. The van der Waals surface area contributed by atoms with Crippen LogP contribution in [0.5, 0.6) is 0 Å². The van der Waals surface area contributed by atoms with Gasteiger partial charge in [0.2, 0.25) is 10.0 Å². The van der Waals surface area contributed by atoms with E-state index in [4.69, 9.17) is 0 Å². The van der Waals surface area contributed by atoms with Crippen molar-refractivity contribution in [3.63, 3.8) is 0 Å². The second-order valence-corrected chi connectivity index (χ2v) is 10.0. The third-order valence-electron chi connectivity index (χ3n) is 5.54. The molecule has 1 fully saturated rings. The van der Waals surface area contributed by atoms with Crippen molar-refractivity contribution in [2.45, 2.75) is 11.8 Å². The van der Waals surface area contributed by atoms with E-state index in [0.717, 1.165) is 47.1 Å². The van der Waals surface area contributed by atoms with Gasteiger partial charge < -0.3 is 9.80 Å². The highest BCUT2D eigenvalue weighted by molar-refractivity contribution is 9.10. The number of sulfonamides is 1. The summed E-state index contributed by atoms with van der Waals surface area (Å²) >= 11 is 3.53. The van der Waals surface area contributed by atoms with Gasteiger partial charge in [0.1, 0.15) is 0 Å². The molecule has 1 aliphatic rings. The maximum Gasteiger partial charge on any atom is 0.240 e. The van der Waals surface area contributed by atoms with Crippen LogP contribution in [0.1, 0.15) is 5.56 Å². The lowest BCUT2D eigenvalue weighted by Crippen LogP contribution is -2.46. The van der Waals surface area contributed by atoms with Crippen LogP contribution in [0.15, 0.2) is 64.0 Å². The molecule has 3 aromatic rings. The third-order valence-corrected chi connectivity index (χ3v) is 7.50. The predicted octanol–water partition coefficient (Wildman–Crippen LogP) is 4.15. The van der Waals surface area contributed by atoms with Gasteiger partial charge in [0.05, 0.1) is 4.90 Å². The van der Waals surface area contributed by atoms with Crippen molar-refractivity contribution in [2.24, 2.45) is 0 Å². The zero-order valence-electron chi connectivity index (χ0n) is 16.5. The average Bonchev–Trinajstić information content (AvgIpc) is 2.73.